The van der Waals surface area contributed by atoms with Crippen LogP contribution in [0.2, 0.25) is 0 Å². The van der Waals surface area contributed by atoms with Gasteiger partial charge in [0.15, 0.2) is 28.8 Å². The molecule has 0 fully saturated rings. The minimum atomic E-state index is -0.489. The Labute approximate surface area is 274 Å². The van der Waals surface area contributed by atoms with Crippen molar-refractivity contribution in [2.24, 2.45) is 5.10 Å². The molecule has 3 heterocycles. The molecule has 46 heavy (non-hydrogen) atoms. The lowest BCUT2D eigenvalue weighted by Crippen LogP contribution is -2.16. The van der Waals surface area contributed by atoms with E-state index in [1.165, 1.54) is 6.21 Å². The van der Waals surface area contributed by atoms with E-state index in [9.17, 15) is 4.79 Å². The van der Waals surface area contributed by atoms with E-state index >= 15 is 0 Å². The maximum atomic E-state index is 12.7. The molecule has 0 spiro atoms. The highest BCUT2D eigenvalue weighted by Gasteiger charge is 2.16. The van der Waals surface area contributed by atoms with Crippen LogP contribution in [0.4, 0.5) is 0 Å². The van der Waals surface area contributed by atoms with Gasteiger partial charge in [-0.2, -0.15) is 5.10 Å². The number of hydrazone groups is 1. The number of carbonyl (C=O) groups excluding carboxylic acids is 1. The molecular weight excluding hydrogens is 654 g/mol. The van der Waals surface area contributed by atoms with Crippen LogP contribution in [0.25, 0.3) is 5.69 Å². The molecular formula is C35H32BrN3O7. The Bertz CT molecular complexity index is 1860. The van der Waals surface area contributed by atoms with E-state index in [0.717, 1.165) is 22.6 Å². The first-order valence-electron chi connectivity index (χ1n) is 14.7. The van der Waals surface area contributed by atoms with Crippen LogP contribution < -0.4 is 29.1 Å². The molecule has 0 atom stereocenters. The molecule has 5 aromatic rings. The molecule has 1 aliphatic heterocycles. The lowest BCUT2D eigenvalue weighted by Gasteiger charge is -2.15. The van der Waals surface area contributed by atoms with Crippen LogP contribution in [-0.2, 0) is 13.2 Å². The Morgan fingerprint density at radius 3 is 2.48 bits per heavy atom. The zero-order valence-electron chi connectivity index (χ0n) is 25.5. The smallest absolute Gasteiger partial charge is 0.307 e. The summed E-state index contributed by atoms with van der Waals surface area (Å²) in [5.41, 5.74) is 7.50. The van der Waals surface area contributed by atoms with Crippen molar-refractivity contribution < 1.29 is 32.9 Å². The summed E-state index contributed by atoms with van der Waals surface area (Å²) in [4.78, 5) is 12.7. The first kappa shape index (κ1) is 30.8. The van der Waals surface area contributed by atoms with Crippen molar-refractivity contribution in [1.29, 1.82) is 0 Å². The quantitative estimate of drug-likeness (QED) is 0.107. The third kappa shape index (κ3) is 7.05. The number of carbonyl (C=O) groups is 1. The summed E-state index contributed by atoms with van der Waals surface area (Å²) in [5, 5.41) is 4.10. The van der Waals surface area contributed by atoms with Crippen molar-refractivity contribution in [3.8, 4) is 34.4 Å². The highest BCUT2D eigenvalue weighted by atomic mass is 79.9. The van der Waals surface area contributed by atoms with E-state index in [1.54, 1.807) is 18.2 Å². The average molecular weight is 687 g/mol. The second-order valence-corrected chi connectivity index (χ2v) is 11.3. The van der Waals surface area contributed by atoms with E-state index < -0.39 is 5.91 Å². The topological polar surface area (TPSA) is 106 Å². The first-order chi connectivity index (χ1) is 22.4. The third-order valence-electron chi connectivity index (χ3n) is 7.16. The molecule has 2 aromatic heterocycles. The summed E-state index contributed by atoms with van der Waals surface area (Å²) < 4.78 is 37.2. The number of aryl methyl sites for hydroxylation is 2. The van der Waals surface area contributed by atoms with E-state index in [2.05, 4.69) is 57.0 Å². The third-order valence-corrected chi connectivity index (χ3v) is 7.75. The van der Waals surface area contributed by atoms with Gasteiger partial charge >= 0.3 is 5.91 Å². The van der Waals surface area contributed by atoms with Crippen LogP contribution in [-0.4, -0.2) is 30.1 Å². The van der Waals surface area contributed by atoms with Gasteiger partial charge in [0, 0.05) is 17.1 Å². The lowest BCUT2D eigenvalue weighted by atomic mass is 10.2. The molecule has 0 unspecified atom stereocenters. The first-order valence-corrected chi connectivity index (χ1v) is 15.4. The van der Waals surface area contributed by atoms with E-state index in [4.69, 9.17) is 28.1 Å². The van der Waals surface area contributed by atoms with Gasteiger partial charge in [0.2, 0.25) is 6.79 Å². The second kappa shape index (κ2) is 13.9. The molecule has 0 saturated carbocycles. The Kier molecular flexibility index (Phi) is 9.30. The van der Waals surface area contributed by atoms with E-state index in [0.29, 0.717) is 57.8 Å². The van der Waals surface area contributed by atoms with Crippen LogP contribution >= 0.6 is 15.9 Å². The zero-order valence-corrected chi connectivity index (χ0v) is 27.1. The molecule has 1 aliphatic rings. The summed E-state index contributed by atoms with van der Waals surface area (Å²) in [6, 6.07) is 24.6. The lowest BCUT2D eigenvalue weighted by molar-refractivity contribution is 0.0923. The Morgan fingerprint density at radius 2 is 1.70 bits per heavy atom. The molecule has 236 valence electrons. The van der Waals surface area contributed by atoms with Crippen LogP contribution in [0.3, 0.4) is 0 Å². The highest BCUT2D eigenvalue weighted by Crippen LogP contribution is 2.38. The predicted molar refractivity (Wildman–Crippen MR) is 176 cm³/mol. The van der Waals surface area contributed by atoms with Gasteiger partial charge in [-0.1, -0.05) is 6.07 Å². The fourth-order valence-electron chi connectivity index (χ4n) is 4.97. The van der Waals surface area contributed by atoms with Crippen LogP contribution in [0.1, 0.15) is 45.8 Å². The fourth-order valence-corrected chi connectivity index (χ4v) is 5.55. The number of hydrogen-bond acceptors (Lipinski definition) is 8. The predicted octanol–water partition coefficient (Wildman–Crippen LogP) is 7.50. The van der Waals surface area contributed by atoms with E-state index in [1.807, 2.05) is 55.5 Å². The number of fused-ring (bicyclic) bond motifs is 1. The number of halogens is 1. The average Bonchev–Trinajstić information content (AvgIpc) is 3.80. The number of benzene rings is 3. The molecule has 1 N–H and O–H groups in total. The number of nitrogens with zero attached hydrogens (tertiary/aromatic N) is 2. The molecule has 0 saturated heterocycles. The van der Waals surface area contributed by atoms with Gasteiger partial charge < -0.3 is 32.7 Å². The van der Waals surface area contributed by atoms with E-state index in [-0.39, 0.29) is 19.2 Å². The molecule has 1 amide bonds. The molecule has 10 nitrogen and oxygen atoms in total. The van der Waals surface area contributed by atoms with Crippen molar-refractivity contribution in [2.75, 3.05) is 13.4 Å². The number of furan rings is 1. The Morgan fingerprint density at radius 1 is 0.913 bits per heavy atom. The summed E-state index contributed by atoms with van der Waals surface area (Å²) in [7, 11) is 0. The van der Waals surface area contributed by atoms with Crippen LogP contribution in [0.5, 0.6) is 28.7 Å². The Balaban J connectivity index is 1.03. The number of ether oxygens (including phenoxy) is 5. The Hall–Kier alpha value is -5.16. The fraction of sp³-hybridized carbons (Fsp3) is 0.200. The second-order valence-electron chi connectivity index (χ2n) is 10.4. The monoisotopic (exact) mass is 685 g/mol. The van der Waals surface area contributed by atoms with Gasteiger partial charge in [0.05, 0.1) is 17.3 Å². The van der Waals surface area contributed by atoms with Gasteiger partial charge in [-0.3, -0.25) is 4.79 Å². The SMILES string of the molecule is CCOc1cc(/C=N/NC(=O)c2ccc(COc3ccc(-n4c(C)ccc4C)cc3)o2)cc(Br)c1OCc1ccc2c(c1)OCO2. The largest absolute Gasteiger partial charge is 0.490 e. The molecule has 0 radical (unpaired) electrons. The van der Waals surface area contributed by atoms with Gasteiger partial charge in [-0.15, -0.1) is 0 Å². The maximum Gasteiger partial charge on any atom is 0.307 e. The van der Waals surface area contributed by atoms with Gasteiger partial charge in [-0.25, -0.2) is 5.43 Å². The standard InChI is InChI=1S/C35H32BrN3O7/c1-4-41-33-17-25(15-29(36)34(33)43-19-24-7-13-30-32(16-24)45-21-44-30)18-37-38-35(40)31-14-12-28(46-31)20-42-27-10-8-26(9-11-27)39-22(2)5-6-23(39)3/h5-18H,4,19-21H2,1-3H3,(H,38,40)/b37-18+. The minimum absolute atomic E-state index is 0.119. The van der Waals surface area contributed by atoms with Crippen LogP contribution in [0.15, 0.2) is 92.9 Å². The summed E-state index contributed by atoms with van der Waals surface area (Å²) >= 11 is 3.57. The van der Waals surface area contributed by atoms with Crippen molar-refractivity contribution >= 4 is 28.1 Å². The van der Waals surface area contributed by atoms with Crippen molar-refractivity contribution in [1.82, 2.24) is 9.99 Å². The molecule has 3 aromatic carbocycles. The van der Waals surface area contributed by atoms with Gasteiger partial charge in [0.25, 0.3) is 0 Å². The van der Waals surface area contributed by atoms with Crippen LogP contribution in [0, 0.1) is 13.8 Å². The highest BCUT2D eigenvalue weighted by molar-refractivity contribution is 9.10. The summed E-state index contributed by atoms with van der Waals surface area (Å²) in [6.45, 7) is 7.16. The number of nitrogens with one attached hydrogen (secondary N) is 1. The van der Waals surface area contributed by atoms with Crippen molar-refractivity contribution in [3.05, 3.63) is 117 Å². The van der Waals surface area contributed by atoms with Crippen molar-refractivity contribution in [3.63, 3.8) is 0 Å². The van der Waals surface area contributed by atoms with Crippen molar-refractivity contribution in [2.45, 2.75) is 34.0 Å². The molecule has 0 bridgehead atoms. The summed E-state index contributed by atoms with van der Waals surface area (Å²) in [6.07, 6.45) is 1.51. The normalized spacial score (nSPS) is 12.0. The molecule has 6 rings (SSSR count). The van der Waals surface area contributed by atoms with Gasteiger partial charge in [0.1, 0.15) is 24.7 Å². The maximum absolute atomic E-state index is 12.7. The number of amides is 1. The molecule has 11 heteroatoms. The minimum Gasteiger partial charge on any atom is -0.490 e. The van der Waals surface area contributed by atoms with Gasteiger partial charge in [-0.05, 0) is 121 Å². The zero-order chi connectivity index (χ0) is 32.0. The molecule has 0 aliphatic carbocycles. The number of rotatable bonds is 12. The number of aromatic nitrogens is 1. The summed E-state index contributed by atoms with van der Waals surface area (Å²) in [5.74, 6) is 3.33. The number of hydrogen-bond donors (Lipinski definition) is 1.